The Hall–Kier alpha value is -2.10. The molecule has 1 aromatic heterocycles. The maximum atomic E-state index is 12.1. The minimum absolute atomic E-state index is 0.0606. The molecule has 1 aromatic carbocycles. The molecule has 10 heteroatoms. The van der Waals surface area contributed by atoms with Crippen LogP contribution in [0.25, 0.3) is 11.4 Å². The van der Waals surface area contributed by atoms with Crippen LogP contribution in [-0.4, -0.2) is 52.7 Å². The predicted molar refractivity (Wildman–Crippen MR) is 112 cm³/mol. The number of nitrogens with one attached hydrogen (secondary N) is 2. The molecular weight excluding hydrogens is 414 g/mol. The molecule has 0 bridgehead atoms. The molecule has 3 amide bonds. The number of hydrogen-bond donors (Lipinski definition) is 2. The number of imide groups is 1. The zero-order valence-electron chi connectivity index (χ0n) is 16.2. The number of urea groups is 1. The first-order chi connectivity index (χ1) is 14.1. The van der Waals surface area contributed by atoms with Crippen LogP contribution in [0.2, 0.25) is 5.02 Å². The predicted octanol–water partition coefficient (Wildman–Crippen LogP) is 3.28. The molecule has 8 nitrogen and oxygen atoms in total. The summed E-state index contributed by atoms with van der Waals surface area (Å²) in [7, 11) is 1.54. The van der Waals surface area contributed by atoms with Crippen LogP contribution in [0, 0.1) is 0 Å². The van der Waals surface area contributed by atoms with Crippen molar-refractivity contribution in [3.05, 3.63) is 29.3 Å². The first-order valence-corrected chi connectivity index (χ1v) is 10.9. The van der Waals surface area contributed by atoms with E-state index in [9.17, 15) is 9.59 Å². The Morgan fingerprint density at radius 2 is 2.03 bits per heavy atom. The SMILES string of the molecule is COCCNC(=O)NC(=O)CSc1nnc(-c2ccccc2Cl)n1C1CCCC1. The highest BCUT2D eigenvalue weighted by atomic mass is 35.5. The zero-order chi connectivity index (χ0) is 20.6. The van der Waals surface area contributed by atoms with E-state index in [1.54, 1.807) is 7.11 Å². The maximum absolute atomic E-state index is 12.1. The first-order valence-electron chi connectivity index (χ1n) is 9.49. The standard InChI is InChI=1S/C19H24ClN5O3S/c1-28-11-10-21-18(27)22-16(26)12-29-19-24-23-17(14-8-4-5-9-15(14)20)25(19)13-6-2-3-7-13/h4-5,8-9,13H,2-3,6-7,10-12H2,1H3,(H2,21,22,26,27). The number of hydrogen-bond acceptors (Lipinski definition) is 6. The summed E-state index contributed by atoms with van der Waals surface area (Å²) in [4.78, 5) is 23.8. The van der Waals surface area contributed by atoms with Crippen LogP contribution in [-0.2, 0) is 9.53 Å². The molecule has 0 unspecified atom stereocenters. The summed E-state index contributed by atoms with van der Waals surface area (Å²) >= 11 is 7.64. The van der Waals surface area contributed by atoms with Crippen molar-refractivity contribution in [3.63, 3.8) is 0 Å². The molecule has 3 rings (SSSR count). The summed E-state index contributed by atoms with van der Waals surface area (Å²) in [5.41, 5.74) is 0.822. The number of nitrogens with zero attached hydrogens (tertiary/aromatic N) is 3. The van der Waals surface area contributed by atoms with E-state index >= 15 is 0 Å². The van der Waals surface area contributed by atoms with Crippen molar-refractivity contribution in [2.45, 2.75) is 36.9 Å². The van der Waals surface area contributed by atoms with Gasteiger partial charge >= 0.3 is 6.03 Å². The number of carbonyl (C=O) groups is 2. The van der Waals surface area contributed by atoms with E-state index in [2.05, 4.69) is 25.4 Å². The fourth-order valence-corrected chi connectivity index (χ4v) is 4.32. The van der Waals surface area contributed by atoms with Gasteiger partial charge in [0.1, 0.15) is 0 Å². The third-order valence-electron chi connectivity index (χ3n) is 4.65. The Balaban J connectivity index is 1.70. The lowest BCUT2D eigenvalue weighted by atomic mass is 10.2. The van der Waals surface area contributed by atoms with Crippen LogP contribution in [0.5, 0.6) is 0 Å². The second-order valence-electron chi connectivity index (χ2n) is 6.68. The number of benzene rings is 1. The largest absolute Gasteiger partial charge is 0.383 e. The van der Waals surface area contributed by atoms with Crippen molar-refractivity contribution in [3.8, 4) is 11.4 Å². The molecular formula is C19H24ClN5O3S. The number of amides is 3. The molecule has 1 aliphatic carbocycles. The summed E-state index contributed by atoms with van der Waals surface area (Å²) in [6, 6.07) is 7.27. The van der Waals surface area contributed by atoms with Gasteiger partial charge in [0.05, 0.1) is 17.4 Å². The van der Waals surface area contributed by atoms with Gasteiger partial charge in [-0.2, -0.15) is 0 Å². The number of methoxy groups -OCH3 is 1. The van der Waals surface area contributed by atoms with Crippen LogP contribution in [0.4, 0.5) is 4.79 Å². The highest BCUT2D eigenvalue weighted by Gasteiger charge is 2.26. The van der Waals surface area contributed by atoms with Gasteiger partial charge in [-0.1, -0.05) is 48.3 Å². The number of ether oxygens (including phenoxy) is 1. The maximum Gasteiger partial charge on any atom is 0.321 e. The van der Waals surface area contributed by atoms with Crippen molar-refractivity contribution in [2.75, 3.05) is 26.0 Å². The second kappa shape index (κ2) is 10.6. The topological polar surface area (TPSA) is 98.1 Å². The quantitative estimate of drug-likeness (QED) is 0.485. The van der Waals surface area contributed by atoms with Gasteiger partial charge in [-0.25, -0.2) is 4.79 Å². The van der Waals surface area contributed by atoms with Crippen LogP contribution in [0.3, 0.4) is 0 Å². The smallest absolute Gasteiger partial charge is 0.321 e. The summed E-state index contributed by atoms with van der Waals surface area (Å²) in [5.74, 6) is 0.373. The minimum Gasteiger partial charge on any atom is -0.383 e. The molecule has 2 N–H and O–H groups in total. The van der Waals surface area contributed by atoms with Crippen molar-refractivity contribution in [2.24, 2.45) is 0 Å². The van der Waals surface area contributed by atoms with E-state index in [4.69, 9.17) is 16.3 Å². The molecule has 156 valence electrons. The fourth-order valence-electron chi connectivity index (χ4n) is 3.30. The number of aromatic nitrogens is 3. The van der Waals surface area contributed by atoms with Gasteiger partial charge in [0, 0.05) is 25.3 Å². The lowest BCUT2D eigenvalue weighted by Gasteiger charge is -2.17. The van der Waals surface area contributed by atoms with E-state index in [0.29, 0.717) is 29.2 Å². The highest BCUT2D eigenvalue weighted by molar-refractivity contribution is 7.99. The van der Waals surface area contributed by atoms with Gasteiger partial charge in [-0.05, 0) is 25.0 Å². The summed E-state index contributed by atoms with van der Waals surface area (Å²) in [5, 5.41) is 14.8. The van der Waals surface area contributed by atoms with Gasteiger partial charge in [0.2, 0.25) is 5.91 Å². The molecule has 1 fully saturated rings. The van der Waals surface area contributed by atoms with Crippen molar-refractivity contribution in [1.29, 1.82) is 0 Å². The molecule has 0 atom stereocenters. The van der Waals surface area contributed by atoms with E-state index < -0.39 is 11.9 Å². The molecule has 0 radical (unpaired) electrons. The number of thioether (sulfide) groups is 1. The molecule has 0 spiro atoms. The van der Waals surface area contributed by atoms with E-state index in [-0.39, 0.29) is 11.8 Å². The Morgan fingerprint density at radius 3 is 2.76 bits per heavy atom. The summed E-state index contributed by atoms with van der Waals surface area (Å²) < 4.78 is 6.94. The fraction of sp³-hybridized carbons (Fsp3) is 0.474. The monoisotopic (exact) mass is 437 g/mol. The van der Waals surface area contributed by atoms with Gasteiger partial charge in [0.15, 0.2) is 11.0 Å². The van der Waals surface area contributed by atoms with Gasteiger partial charge in [-0.15, -0.1) is 10.2 Å². The lowest BCUT2D eigenvalue weighted by molar-refractivity contribution is -0.117. The van der Waals surface area contributed by atoms with Gasteiger partial charge < -0.3 is 10.1 Å². The van der Waals surface area contributed by atoms with Crippen LogP contribution >= 0.6 is 23.4 Å². The van der Waals surface area contributed by atoms with Gasteiger partial charge in [-0.3, -0.25) is 14.7 Å². The number of halogens is 1. The first kappa shape index (κ1) is 21.6. The molecule has 1 saturated carbocycles. The summed E-state index contributed by atoms with van der Waals surface area (Å²) in [6.45, 7) is 0.714. The summed E-state index contributed by atoms with van der Waals surface area (Å²) in [6.07, 6.45) is 4.38. The number of carbonyl (C=O) groups excluding carboxylic acids is 2. The zero-order valence-corrected chi connectivity index (χ0v) is 17.8. The van der Waals surface area contributed by atoms with Crippen LogP contribution in [0.1, 0.15) is 31.7 Å². The average molecular weight is 438 g/mol. The second-order valence-corrected chi connectivity index (χ2v) is 8.03. The van der Waals surface area contributed by atoms with Crippen LogP contribution in [0.15, 0.2) is 29.4 Å². The molecule has 0 aliphatic heterocycles. The Kier molecular flexibility index (Phi) is 7.91. The van der Waals surface area contributed by atoms with Crippen molar-refractivity contribution >= 4 is 35.3 Å². The Morgan fingerprint density at radius 1 is 1.28 bits per heavy atom. The van der Waals surface area contributed by atoms with Crippen molar-refractivity contribution in [1.82, 2.24) is 25.4 Å². The molecule has 2 aromatic rings. The number of rotatable bonds is 8. The van der Waals surface area contributed by atoms with E-state index in [0.717, 1.165) is 31.2 Å². The minimum atomic E-state index is -0.540. The molecule has 0 saturated heterocycles. The van der Waals surface area contributed by atoms with E-state index in [1.807, 2.05) is 24.3 Å². The lowest BCUT2D eigenvalue weighted by Crippen LogP contribution is -2.41. The molecule has 1 heterocycles. The Labute approximate surface area is 178 Å². The Bertz CT molecular complexity index is 854. The van der Waals surface area contributed by atoms with Gasteiger partial charge in [0.25, 0.3) is 0 Å². The van der Waals surface area contributed by atoms with Crippen molar-refractivity contribution < 1.29 is 14.3 Å². The molecule has 1 aliphatic rings. The molecule has 29 heavy (non-hydrogen) atoms. The third kappa shape index (κ3) is 5.71. The van der Waals surface area contributed by atoms with E-state index in [1.165, 1.54) is 11.8 Å². The normalized spacial score (nSPS) is 14.1. The highest BCUT2D eigenvalue weighted by Crippen LogP contribution is 2.38. The third-order valence-corrected chi connectivity index (χ3v) is 5.92. The van der Waals surface area contributed by atoms with Crippen LogP contribution < -0.4 is 10.6 Å². The average Bonchev–Trinajstić information content (AvgIpc) is 3.36.